The highest BCUT2D eigenvalue weighted by molar-refractivity contribution is 5.99. The van der Waals surface area contributed by atoms with Gasteiger partial charge in [0.25, 0.3) is 11.8 Å². The van der Waals surface area contributed by atoms with E-state index < -0.39 is 0 Å². The summed E-state index contributed by atoms with van der Waals surface area (Å²) in [5.41, 5.74) is 1.89. The summed E-state index contributed by atoms with van der Waals surface area (Å²) in [6, 6.07) is 18.1. The van der Waals surface area contributed by atoms with Gasteiger partial charge in [0.2, 0.25) is 0 Å². The van der Waals surface area contributed by atoms with Gasteiger partial charge in [-0.05, 0) is 61.0 Å². The van der Waals surface area contributed by atoms with Crippen molar-refractivity contribution < 1.29 is 28.2 Å². The molecule has 1 aliphatic rings. The molecular weight excluding hydrogens is 427 g/mol. The van der Waals surface area contributed by atoms with E-state index in [2.05, 4.69) is 5.32 Å². The first-order valence-corrected chi connectivity index (χ1v) is 10.5. The number of carbonyl (C=O) groups is 2. The molecule has 1 heterocycles. The van der Waals surface area contributed by atoms with Gasteiger partial charge in [-0.25, -0.2) is 4.39 Å². The number of rotatable bonds is 8. The van der Waals surface area contributed by atoms with E-state index in [-0.39, 0.29) is 37.4 Å². The highest BCUT2D eigenvalue weighted by Gasteiger charge is 2.26. The third kappa shape index (κ3) is 5.60. The van der Waals surface area contributed by atoms with Crippen molar-refractivity contribution in [3.63, 3.8) is 0 Å². The summed E-state index contributed by atoms with van der Waals surface area (Å²) in [4.78, 5) is 26.3. The number of benzene rings is 3. The summed E-state index contributed by atoms with van der Waals surface area (Å²) in [6.45, 7) is 2.48. The quantitative estimate of drug-likeness (QED) is 0.558. The van der Waals surface area contributed by atoms with Crippen LogP contribution >= 0.6 is 0 Å². The van der Waals surface area contributed by atoms with Gasteiger partial charge in [0, 0.05) is 11.8 Å². The van der Waals surface area contributed by atoms with E-state index >= 15 is 0 Å². The first kappa shape index (κ1) is 22.1. The lowest BCUT2D eigenvalue weighted by atomic mass is 10.1. The maximum Gasteiger partial charge on any atom is 0.265 e. The Balaban J connectivity index is 1.38. The molecule has 0 radical (unpaired) electrons. The van der Waals surface area contributed by atoms with Gasteiger partial charge in [-0.1, -0.05) is 12.1 Å². The molecule has 0 bridgehead atoms. The van der Waals surface area contributed by atoms with Crippen molar-refractivity contribution in [1.82, 2.24) is 0 Å². The molecular formula is C25H23FN2O5. The summed E-state index contributed by atoms with van der Waals surface area (Å²) >= 11 is 0. The second kappa shape index (κ2) is 10.0. The van der Waals surface area contributed by atoms with Crippen molar-refractivity contribution in [1.29, 1.82) is 0 Å². The molecule has 0 fully saturated rings. The van der Waals surface area contributed by atoms with E-state index in [0.29, 0.717) is 29.5 Å². The van der Waals surface area contributed by atoms with E-state index in [4.69, 9.17) is 14.2 Å². The van der Waals surface area contributed by atoms with Gasteiger partial charge in [0.05, 0.1) is 18.8 Å². The predicted molar refractivity (Wildman–Crippen MR) is 121 cm³/mol. The van der Waals surface area contributed by atoms with Crippen LogP contribution in [0.5, 0.6) is 17.2 Å². The molecule has 7 nitrogen and oxygen atoms in total. The molecule has 33 heavy (non-hydrogen) atoms. The molecule has 0 saturated heterocycles. The zero-order chi connectivity index (χ0) is 23.2. The van der Waals surface area contributed by atoms with Crippen LogP contribution in [0.15, 0.2) is 66.7 Å². The second-order valence-electron chi connectivity index (χ2n) is 7.32. The number of amides is 2. The smallest absolute Gasteiger partial charge is 0.265 e. The fourth-order valence-corrected chi connectivity index (χ4v) is 3.37. The van der Waals surface area contributed by atoms with Gasteiger partial charge in [-0.2, -0.15) is 0 Å². The van der Waals surface area contributed by atoms with Crippen LogP contribution < -0.4 is 24.4 Å². The van der Waals surface area contributed by atoms with E-state index in [1.807, 2.05) is 6.92 Å². The van der Waals surface area contributed by atoms with Gasteiger partial charge in [-0.15, -0.1) is 0 Å². The van der Waals surface area contributed by atoms with Crippen molar-refractivity contribution in [2.24, 2.45) is 0 Å². The maximum absolute atomic E-state index is 13.2. The molecule has 1 aliphatic heterocycles. The fraction of sp³-hybridized carbons (Fsp3) is 0.200. The van der Waals surface area contributed by atoms with Gasteiger partial charge in [-0.3, -0.25) is 9.59 Å². The first-order chi connectivity index (χ1) is 16.0. The Morgan fingerprint density at radius 2 is 1.73 bits per heavy atom. The number of nitrogens with one attached hydrogen (secondary N) is 1. The Morgan fingerprint density at radius 3 is 2.42 bits per heavy atom. The van der Waals surface area contributed by atoms with Crippen LogP contribution in [0.3, 0.4) is 0 Å². The predicted octanol–water partition coefficient (Wildman–Crippen LogP) is 4.17. The van der Waals surface area contributed by atoms with Crippen molar-refractivity contribution in [2.45, 2.75) is 13.5 Å². The van der Waals surface area contributed by atoms with Crippen molar-refractivity contribution >= 4 is 23.2 Å². The van der Waals surface area contributed by atoms with Crippen LogP contribution in [-0.2, 0) is 16.1 Å². The zero-order valence-electron chi connectivity index (χ0n) is 18.0. The standard InChI is InChI=1S/C25H23FN2O5/c1-2-31-20-8-10-21(11-9-20)32-15-24(29)27-19-7-12-22-23(13-19)33-16-25(30)28(22)14-17-3-5-18(26)6-4-17/h3-13H,2,14-16H2,1H3,(H,27,29). The molecule has 0 spiro atoms. The van der Waals surface area contributed by atoms with E-state index in [1.54, 1.807) is 59.5 Å². The average molecular weight is 450 g/mol. The maximum atomic E-state index is 13.2. The molecule has 4 rings (SSSR count). The number of carbonyl (C=O) groups excluding carboxylic acids is 2. The minimum Gasteiger partial charge on any atom is -0.494 e. The van der Waals surface area contributed by atoms with Crippen molar-refractivity contribution in [3.05, 3.63) is 78.1 Å². The van der Waals surface area contributed by atoms with Gasteiger partial charge < -0.3 is 24.4 Å². The molecule has 0 atom stereocenters. The largest absolute Gasteiger partial charge is 0.494 e. The summed E-state index contributed by atoms with van der Waals surface area (Å²) in [6.07, 6.45) is 0. The fourth-order valence-electron chi connectivity index (χ4n) is 3.37. The van der Waals surface area contributed by atoms with Crippen LogP contribution in [0.1, 0.15) is 12.5 Å². The van der Waals surface area contributed by atoms with Crippen LogP contribution in [0.25, 0.3) is 0 Å². The second-order valence-corrected chi connectivity index (χ2v) is 7.32. The summed E-state index contributed by atoms with van der Waals surface area (Å²) in [5, 5.41) is 2.76. The summed E-state index contributed by atoms with van der Waals surface area (Å²) in [5.74, 6) is 0.889. The van der Waals surface area contributed by atoms with E-state index in [1.165, 1.54) is 12.1 Å². The monoisotopic (exact) mass is 450 g/mol. The third-order valence-corrected chi connectivity index (χ3v) is 4.95. The van der Waals surface area contributed by atoms with Crippen LogP contribution in [0, 0.1) is 5.82 Å². The number of anilines is 2. The summed E-state index contributed by atoms with van der Waals surface area (Å²) < 4.78 is 29.6. The number of hydrogen-bond donors (Lipinski definition) is 1. The van der Waals surface area contributed by atoms with Gasteiger partial charge in [0.1, 0.15) is 23.1 Å². The average Bonchev–Trinajstić information content (AvgIpc) is 2.82. The molecule has 0 aliphatic carbocycles. The Hall–Kier alpha value is -4.07. The highest BCUT2D eigenvalue weighted by Crippen LogP contribution is 2.35. The summed E-state index contributed by atoms with van der Waals surface area (Å²) in [7, 11) is 0. The van der Waals surface area contributed by atoms with E-state index in [9.17, 15) is 14.0 Å². The molecule has 8 heteroatoms. The lowest BCUT2D eigenvalue weighted by molar-refractivity contribution is -0.121. The van der Waals surface area contributed by atoms with E-state index in [0.717, 1.165) is 11.3 Å². The minimum absolute atomic E-state index is 0.119. The van der Waals surface area contributed by atoms with Crippen molar-refractivity contribution in [2.75, 3.05) is 30.0 Å². The first-order valence-electron chi connectivity index (χ1n) is 10.5. The lowest BCUT2D eigenvalue weighted by Gasteiger charge is -2.29. The van der Waals surface area contributed by atoms with Crippen LogP contribution in [0.4, 0.5) is 15.8 Å². The van der Waals surface area contributed by atoms with Crippen molar-refractivity contribution in [3.8, 4) is 17.2 Å². The molecule has 170 valence electrons. The Bertz CT molecular complexity index is 1130. The number of fused-ring (bicyclic) bond motifs is 1. The highest BCUT2D eigenvalue weighted by atomic mass is 19.1. The molecule has 0 unspecified atom stereocenters. The topological polar surface area (TPSA) is 77.1 Å². The minimum atomic E-state index is -0.334. The third-order valence-electron chi connectivity index (χ3n) is 4.95. The molecule has 1 N–H and O–H groups in total. The Labute approximate surface area is 190 Å². The lowest BCUT2D eigenvalue weighted by Crippen LogP contribution is -2.38. The molecule has 3 aromatic rings. The molecule has 3 aromatic carbocycles. The number of hydrogen-bond acceptors (Lipinski definition) is 5. The molecule has 0 aromatic heterocycles. The Kier molecular flexibility index (Phi) is 6.73. The zero-order valence-corrected chi connectivity index (χ0v) is 18.0. The molecule has 0 saturated carbocycles. The number of ether oxygens (including phenoxy) is 3. The van der Waals surface area contributed by atoms with Crippen LogP contribution in [-0.4, -0.2) is 31.6 Å². The SMILES string of the molecule is CCOc1ccc(OCC(=O)Nc2ccc3c(c2)OCC(=O)N3Cc2ccc(F)cc2)cc1. The van der Waals surface area contributed by atoms with Gasteiger partial charge >= 0.3 is 0 Å². The van der Waals surface area contributed by atoms with Crippen LogP contribution in [0.2, 0.25) is 0 Å². The molecule has 2 amide bonds. The normalized spacial score (nSPS) is 12.5. The number of nitrogens with zero attached hydrogens (tertiary/aromatic N) is 1. The number of halogens is 1. The Morgan fingerprint density at radius 1 is 1.03 bits per heavy atom. The van der Waals surface area contributed by atoms with Gasteiger partial charge in [0.15, 0.2) is 13.2 Å².